The van der Waals surface area contributed by atoms with E-state index in [4.69, 9.17) is 10.5 Å². The molecule has 9 N–H and O–H groups in total. The summed E-state index contributed by atoms with van der Waals surface area (Å²) in [5.41, 5.74) is 5.38. The van der Waals surface area contributed by atoms with Crippen LogP contribution in [-0.4, -0.2) is 90.3 Å². The molecule has 2 heterocycles. The number of carbonyl (C=O) groups excluding carboxylic acids is 5. The van der Waals surface area contributed by atoms with Crippen molar-refractivity contribution in [2.75, 3.05) is 37.7 Å². The molecule has 0 spiro atoms. The smallest absolute Gasteiger partial charge is 0.407 e. The third-order valence-corrected chi connectivity index (χ3v) is 10.5. The number of nitrogens with two attached hydrogens (primary N) is 1. The number of nitrogens with one attached hydrogen (secondary N) is 6. The van der Waals surface area contributed by atoms with Gasteiger partial charge >= 0.3 is 12.1 Å². The van der Waals surface area contributed by atoms with Crippen LogP contribution in [0.4, 0.5) is 15.3 Å². The van der Waals surface area contributed by atoms with Gasteiger partial charge in [-0.15, -0.1) is 0 Å². The minimum Gasteiger partial charge on any atom is -0.507 e. The maximum absolute atomic E-state index is 13.1. The number of hydrogen-bond acceptors (Lipinski definition) is 9. The van der Waals surface area contributed by atoms with Gasteiger partial charge in [0.2, 0.25) is 11.8 Å². The zero-order valence-corrected chi connectivity index (χ0v) is 28.3. The summed E-state index contributed by atoms with van der Waals surface area (Å²) < 4.78 is 5.55. The minimum absolute atomic E-state index is 0.00571. The summed E-state index contributed by atoms with van der Waals surface area (Å²) in [6.07, 6.45) is 8.75. The lowest BCUT2D eigenvalue weighted by atomic mass is 9.78. The predicted molar refractivity (Wildman–Crippen MR) is 183 cm³/mol. The van der Waals surface area contributed by atoms with Gasteiger partial charge in [0.25, 0.3) is 5.91 Å². The molecule has 0 bridgehead atoms. The number of benzene rings is 1. The highest BCUT2D eigenvalue weighted by Crippen LogP contribution is 2.34. The average Bonchev–Trinajstić information content (AvgIpc) is 3.59. The van der Waals surface area contributed by atoms with Gasteiger partial charge in [-0.3, -0.25) is 14.4 Å². The van der Waals surface area contributed by atoms with Gasteiger partial charge in [0.15, 0.2) is 0 Å². The molecule has 2 fully saturated rings. The van der Waals surface area contributed by atoms with E-state index in [2.05, 4.69) is 31.9 Å². The van der Waals surface area contributed by atoms with Crippen LogP contribution in [0.2, 0.25) is 0 Å². The molecule has 0 saturated carbocycles. The number of rotatable bonds is 15. The monoisotopic (exact) mass is 687 g/mol. The van der Waals surface area contributed by atoms with E-state index >= 15 is 0 Å². The van der Waals surface area contributed by atoms with E-state index in [1.54, 1.807) is 0 Å². The van der Waals surface area contributed by atoms with Gasteiger partial charge in [-0.25, -0.2) is 9.59 Å². The summed E-state index contributed by atoms with van der Waals surface area (Å²) in [5, 5.41) is 27.4. The average molecular weight is 688 g/mol. The SMILES string of the molecule is CC1(C(=O)NCCCNC(=O)CCCCC2SCC3NC(=O)NC32)CC/C=C/C(OC(=O)NCCNC(=O)c2ccc(N)cc2O)CC1. The number of phenols is 1. The second kappa shape index (κ2) is 17.9. The lowest BCUT2D eigenvalue weighted by Gasteiger charge is -2.31. The maximum atomic E-state index is 13.1. The topological polar surface area (TPSA) is 213 Å². The second-order valence-corrected chi connectivity index (χ2v) is 14.1. The summed E-state index contributed by atoms with van der Waals surface area (Å²) >= 11 is 1.88. The number of ether oxygens (including phenoxy) is 1. The van der Waals surface area contributed by atoms with Crippen molar-refractivity contribution in [1.82, 2.24) is 31.9 Å². The number of fused-ring (bicyclic) bond motifs is 1. The van der Waals surface area contributed by atoms with E-state index in [0.717, 1.165) is 25.0 Å². The first kappa shape index (κ1) is 36.7. The number of amides is 6. The lowest BCUT2D eigenvalue weighted by molar-refractivity contribution is -0.131. The number of nitrogen functional groups attached to an aromatic ring is 1. The number of unbranched alkanes of at least 4 members (excludes halogenated alkanes) is 1. The van der Waals surface area contributed by atoms with Gasteiger partial charge in [-0.2, -0.15) is 11.8 Å². The quantitative estimate of drug-likeness (QED) is 0.0587. The first-order valence-corrected chi connectivity index (χ1v) is 17.8. The molecule has 1 aromatic rings. The zero-order chi connectivity index (χ0) is 34.5. The molecule has 264 valence electrons. The minimum atomic E-state index is -0.634. The van der Waals surface area contributed by atoms with Crippen LogP contribution < -0.4 is 37.6 Å². The highest BCUT2D eigenvalue weighted by molar-refractivity contribution is 8.00. The Morgan fingerprint density at radius 2 is 1.81 bits per heavy atom. The van der Waals surface area contributed by atoms with Crippen molar-refractivity contribution in [2.45, 2.75) is 88.1 Å². The van der Waals surface area contributed by atoms with E-state index < -0.39 is 23.5 Å². The van der Waals surface area contributed by atoms with Crippen molar-refractivity contribution in [1.29, 1.82) is 0 Å². The fourth-order valence-corrected chi connectivity index (χ4v) is 7.65. The van der Waals surface area contributed by atoms with E-state index in [1.807, 2.05) is 30.8 Å². The number of phenolic OH excluding ortho intramolecular Hbond substituents is 1. The summed E-state index contributed by atoms with van der Waals surface area (Å²) in [6.45, 7) is 3.10. The van der Waals surface area contributed by atoms with E-state index in [0.29, 0.717) is 62.6 Å². The third-order valence-electron chi connectivity index (χ3n) is 8.99. The van der Waals surface area contributed by atoms with Gasteiger partial charge < -0.3 is 47.5 Å². The van der Waals surface area contributed by atoms with Crippen molar-refractivity contribution >= 4 is 47.3 Å². The summed E-state index contributed by atoms with van der Waals surface area (Å²) in [5.74, 6) is 0.159. The third kappa shape index (κ3) is 11.0. The lowest BCUT2D eigenvalue weighted by Crippen LogP contribution is -2.41. The molecule has 5 atom stereocenters. The molecule has 6 amide bonds. The number of carbonyl (C=O) groups is 5. The van der Waals surface area contributed by atoms with Gasteiger partial charge in [0.1, 0.15) is 11.9 Å². The van der Waals surface area contributed by atoms with Crippen LogP contribution in [0, 0.1) is 5.41 Å². The fraction of sp³-hybridized carbons (Fsp3) is 0.606. The Hall–Kier alpha value is -4.14. The van der Waals surface area contributed by atoms with Crippen LogP contribution in [0.25, 0.3) is 0 Å². The van der Waals surface area contributed by atoms with Gasteiger partial charge in [-0.05, 0) is 63.2 Å². The highest BCUT2D eigenvalue weighted by Gasteiger charge is 2.42. The van der Waals surface area contributed by atoms with Crippen molar-refractivity contribution < 1.29 is 33.8 Å². The molecule has 3 aliphatic rings. The number of thioether (sulfide) groups is 1. The zero-order valence-electron chi connectivity index (χ0n) is 27.5. The first-order valence-electron chi connectivity index (χ1n) is 16.8. The van der Waals surface area contributed by atoms with Crippen LogP contribution in [0.1, 0.15) is 75.1 Å². The van der Waals surface area contributed by atoms with E-state index in [9.17, 15) is 29.1 Å². The van der Waals surface area contributed by atoms with Crippen molar-refractivity contribution in [3.05, 3.63) is 35.9 Å². The fourth-order valence-electron chi connectivity index (χ4n) is 6.11. The van der Waals surface area contributed by atoms with E-state index in [1.165, 1.54) is 18.2 Å². The largest absolute Gasteiger partial charge is 0.507 e. The molecule has 1 aliphatic carbocycles. The van der Waals surface area contributed by atoms with Crippen molar-refractivity contribution in [3.8, 4) is 5.75 Å². The summed E-state index contributed by atoms with van der Waals surface area (Å²) in [4.78, 5) is 61.5. The Morgan fingerprint density at radius 1 is 1.02 bits per heavy atom. The standard InChI is InChI=1S/C33H49N7O7S/c1-33(30(44)37-16-6-15-35-27(42)9-3-2-8-26-28-24(20-48-26)39-31(45)40-28)13-5-4-7-22(12-14-33)47-32(46)38-18-17-36-29(43)23-11-10-21(34)19-25(23)41/h4,7,10-11,19,22,24,26,28,41H,2-3,5-6,8-9,12-18,20,34H2,1H3,(H,35,42)(H,36,43)(H,37,44)(H,38,46)(H2,39,40,45)/b7-4+. The number of hydrogen-bond donors (Lipinski definition) is 8. The van der Waals surface area contributed by atoms with Crippen LogP contribution >= 0.6 is 11.8 Å². The van der Waals surface area contributed by atoms with Crippen molar-refractivity contribution in [2.24, 2.45) is 5.41 Å². The van der Waals surface area contributed by atoms with Crippen molar-refractivity contribution in [3.63, 3.8) is 0 Å². The van der Waals surface area contributed by atoms with Crippen LogP contribution in [0.15, 0.2) is 30.4 Å². The van der Waals surface area contributed by atoms with Crippen LogP contribution in [0.3, 0.4) is 0 Å². The Balaban J connectivity index is 1.05. The number of aromatic hydroxyl groups is 1. The molecule has 0 aromatic heterocycles. The number of anilines is 1. The van der Waals surface area contributed by atoms with Gasteiger partial charge in [0.05, 0.1) is 17.6 Å². The Bertz CT molecular complexity index is 1350. The Labute approximate surface area is 285 Å². The van der Waals surface area contributed by atoms with E-state index in [-0.39, 0.29) is 54.3 Å². The number of allylic oxidation sites excluding steroid dienone is 1. The highest BCUT2D eigenvalue weighted by atomic mass is 32.2. The maximum Gasteiger partial charge on any atom is 0.407 e. The number of alkyl carbamates (subject to hydrolysis) is 1. The Kier molecular flexibility index (Phi) is 13.6. The Morgan fingerprint density at radius 3 is 2.62 bits per heavy atom. The molecule has 48 heavy (non-hydrogen) atoms. The molecule has 2 aliphatic heterocycles. The molecule has 1 aromatic carbocycles. The summed E-state index contributed by atoms with van der Waals surface area (Å²) in [7, 11) is 0. The second-order valence-electron chi connectivity index (χ2n) is 12.8. The summed E-state index contributed by atoms with van der Waals surface area (Å²) in [6, 6.07) is 4.54. The van der Waals surface area contributed by atoms with Gasteiger partial charge in [-0.1, -0.05) is 19.4 Å². The molecule has 0 radical (unpaired) electrons. The normalized spacial score (nSPS) is 25.3. The van der Waals surface area contributed by atoms with Crippen LogP contribution in [-0.2, 0) is 14.3 Å². The molecular weight excluding hydrogens is 638 g/mol. The van der Waals surface area contributed by atoms with Gasteiger partial charge in [0, 0.05) is 60.8 Å². The molecule has 14 nitrogen and oxygen atoms in total. The molecule has 4 rings (SSSR count). The molecular formula is C33H49N7O7S. The van der Waals surface area contributed by atoms with Crippen LogP contribution in [0.5, 0.6) is 5.75 Å². The number of urea groups is 1. The molecule has 5 unspecified atom stereocenters. The first-order chi connectivity index (χ1) is 23.0. The predicted octanol–water partition coefficient (Wildman–Crippen LogP) is 2.28. The molecule has 15 heteroatoms. The molecule has 2 saturated heterocycles.